The van der Waals surface area contributed by atoms with Gasteiger partial charge in [0.25, 0.3) is 0 Å². The van der Waals surface area contributed by atoms with Crippen molar-refractivity contribution >= 4 is 28.3 Å². The molecule has 0 spiro atoms. The van der Waals surface area contributed by atoms with Crippen LogP contribution < -0.4 is 11.1 Å². The van der Waals surface area contributed by atoms with E-state index >= 15 is 0 Å². The maximum Gasteiger partial charge on any atom is 0.335 e. The van der Waals surface area contributed by atoms with E-state index in [1.807, 2.05) is 0 Å². The molecule has 0 saturated heterocycles. The lowest BCUT2D eigenvalue weighted by Gasteiger charge is -2.04. The Morgan fingerprint density at radius 2 is 2.20 bits per heavy atom. The summed E-state index contributed by atoms with van der Waals surface area (Å²) in [5, 5.41) is 13.6. The molecule has 2 rings (SSSR count). The topological polar surface area (TPSA) is 118 Å². The average molecular weight is 292 g/mol. The van der Waals surface area contributed by atoms with E-state index in [0.717, 1.165) is 0 Å². The zero-order chi connectivity index (χ0) is 14.5. The molecular formula is C12H12N4O3S. The Labute approximate surface area is 118 Å². The van der Waals surface area contributed by atoms with Gasteiger partial charge in [-0.15, -0.1) is 11.3 Å². The zero-order valence-corrected chi connectivity index (χ0v) is 11.2. The summed E-state index contributed by atoms with van der Waals surface area (Å²) in [4.78, 5) is 30.5. The summed E-state index contributed by atoms with van der Waals surface area (Å²) in [6.45, 7) is 0.166. The van der Waals surface area contributed by atoms with Crippen LogP contribution in [0.15, 0.2) is 23.7 Å². The normalized spacial score (nSPS) is 10.2. The molecule has 7 nitrogen and oxygen atoms in total. The van der Waals surface area contributed by atoms with Crippen LogP contribution in [-0.2, 0) is 17.8 Å². The molecule has 0 aliphatic heterocycles. The van der Waals surface area contributed by atoms with Crippen molar-refractivity contribution in [3.05, 3.63) is 40.7 Å². The first kappa shape index (κ1) is 13.9. The number of rotatable bonds is 5. The van der Waals surface area contributed by atoms with Crippen LogP contribution in [0, 0.1) is 0 Å². The first-order valence-corrected chi connectivity index (χ1v) is 6.57. The number of anilines is 1. The number of amides is 1. The van der Waals surface area contributed by atoms with Gasteiger partial charge in [-0.25, -0.2) is 9.78 Å². The van der Waals surface area contributed by atoms with Crippen molar-refractivity contribution in [3.8, 4) is 0 Å². The SMILES string of the molecule is Nc1nc(CC(=O)NCc2cc(C(=O)O)ccn2)cs1. The zero-order valence-electron chi connectivity index (χ0n) is 10.4. The van der Waals surface area contributed by atoms with Gasteiger partial charge in [0.2, 0.25) is 5.91 Å². The van der Waals surface area contributed by atoms with Gasteiger partial charge in [-0.3, -0.25) is 9.78 Å². The van der Waals surface area contributed by atoms with Crippen molar-refractivity contribution in [1.82, 2.24) is 15.3 Å². The number of nitrogens with one attached hydrogen (secondary N) is 1. The fourth-order valence-electron chi connectivity index (χ4n) is 1.53. The molecule has 2 heterocycles. The third kappa shape index (κ3) is 3.75. The van der Waals surface area contributed by atoms with Gasteiger partial charge < -0.3 is 16.2 Å². The molecule has 0 radical (unpaired) electrons. The van der Waals surface area contributed by atoms with Crippen LogP contribution in [0.25, 0.3) is 0 Å². The molecule has 0 bridgehead atoms. The van der Waals surface area contributed by atoms with Gasteiger partial charge in [-0.05, 0) is 12.1 Å². The van der Waals surface area contributed by atoms with E-state index in [1.165, 1.54) is 29.7 Å². The van der Waals surface area contributed by atoms with E-state index < -0.39 is 5.97 Å². The largest absolute Gasteiger partial charge is 0.478 e. The highest BCUT2D eigenvalue weighted by Gasteiger charge is 2.08. The van der Waals surface area contributed by atoms with Crippen LogP contribution >= 0.6 is 11.3 Å². The van der Waals surface area contributed by atoms with Crippen molar-refractivity contribution in [2.75, 3.05) is 5.73 Å². The van der Waals surface area contributed by atoms with Gasteiger partial charge in [-0.1, -0.05) is 0 Å². The molecule has 2 aromatic rings. The lowest BCUT2D eigenvalue weighted by molar-refractivity contribution is -0.120. The highest BCUT2D eigenvalue weighted by atomic mass is 32.1. The first-order chi connectivity index (χ1) is 9.54. The summed E-state index contributed by atoms with van der Waals surface area (Å²) in [5.74, 6) is -1.25. The van der Waals surface area contributed by atoms with Gasteiger partial charge in [0.1, 0.15) is 0 Å². The first-order valence-electron chi connectivity index (χ1n) is 5.69. The number of aromatic nitrogens is 2. The van der Waals surface area contributed by atoms with Crippen LogP contribution in [0.4, 0.5) is 5.13 Å². The summed E-state index contributed by atoms with van der Waals surface area (Å²) >= 11 is 1.28. The van der Waals surface area contributed by atoms with Crippen LogP contribution in [0.2, 0.25) is 0 Å². The van der Waals surface area contributed by atoms with E-state index in [9.17, 15) is 9.59 Å². The number of carbonyl (C=O) groups is 2. The number of carboxylic acid groups (broad SMARTS) is 1. The van der Waals surface area contributed by atoms with E-state index in [4.69, 9.17) is 10.8 Å². The van der Waals surface area contributed by atoms with Gasteiger partial charge >= 0.3 is 5.97 Å². The van der Waals surface area contributed by atoms with Crippen molar-refractivity contribution in [2.45, 2.75) is 13.0 Å². The quantitative estimate of drug-likeness (QED) is 0.745. The van der Waals surface area contributed by atoms with Crippen molar-refractivity contribution in [1.29, 1.82) is 0 Å². The Morgan fingerprint density at radius 1 is 1.40 bits per heavy atom. The van der Waals surface area contributed by atoms with Crippen molar-refractivity contribution in [3.63, 3.8) is 0 Å². The monoisotopic (exact) mass is 292 g/mol. The number of carbonyl (C=O) groups excluding carboxylic acids is 1. The molecule has 4 N–H and O–H groups in total. The number of hydrogen-bond acceptors (Lipinski definition) is 6. The number of carboxylic acids is 1. The maximum atomic E-state index is 11.7. The fraction of sp³-hybridized carbons (Fsp3) is 0.167. The predicted octanol–water partition coefficient (Wildman–Crippen LogP) is 0.677. The number of aromatic carboxylic acids is 1. The number of thiazole rings is 1. The summed E-state index contributed by atoms with van der Waals surface area (Å²) in [6.07, 6.45) is 1.53. The lowest BCUT2D eigenvalue weighted by atomic mass is 10.2. The minimum atomic E-state index is -1.03. The highest BCUT2D eigenvalue weighted by molar-refractivity contribution is 7.13. The summed E-state index contributed by atoms with van der Waals surface area (Å²) < 4.78 is 0. The smallest absolute Gasteiger partial charge is 0.335 e. The fourth-order valence-corrected chi connectivity index (χ4v) is 2.09. The Balaban J connectivity index is 1.90. The summed E-state index contributed by atoms with van der Waals surface area (Å²) in [7, 11) is 0. The second-order valence-electron chi connectivity index (χ2n) is 3.97. The van der Waals surface area contributed by atoms with Gasteiger partial charge in [0.05, 0.1) is 29.9 Å². The molecule has 0 atom stereocenters. The lowest BCUT2D eigenvalue weighted by Crippen LogP contribution is -2.25. The van der Waals surface area contributed by atoms with Crippen LogP contribution in [0.5, 0.6) is 0 Å². The Bertz CT molecular complexity index is 641. The third-order valence-corrected chi connectivity index (χ3v) is 3.16. The number of pyridine rings is 1. The second kappa shape index (κ2) is 6.11. The summed E-state index contributed by atoms with van der Waals surface area (Å²) in [5.41, 5.74) is 6.70. The highest BCUT2D eigenvalue weighted by Crippen LogP contribution is 2.11. The molecule has 20 heavy (non-hydrogen) atoms. The second-order valence-corrected chi connectivity index (χ2v) is 4.86. The van der Waals surface area contributed by atoms with Crippen LogP contribution in [0.1, 0.15) is 21.7 Å². The molecule has 1 amide bonds. The molecular weight excluding hydrogens is 280 g/mol. The molecule has 0 aliphatic carbocycles. The Morgan fingerprint density at radius 3 is 2.85 bits per heavy atom. The van der Waals surface area contributed by atoms with E-state index in [2.05, 4.69) is 15.3 Å². The molecule has 104 valence electrons. The number of nitrogen functional groups attached to an aromatic ring is 1. The van der Waals surface area contributed by atoms with Gasteiger partial charge in [-0.2, -0.15) is 0 Å². The predicted molar refractivity (Wildman–Crippen MR) is 73.3 cm³/mol. The molecule has 0 aromatic carbocycles. The van der Waals surface area contributed by atoms with Crippen LogP contribution in [0.3, 0.4) is 0 Å². The van der Waals surface area contributed by atoms with E-state index in [-0.39, 0.29) is 24.4 Å². The van der Waals surface area contributed by atoms with Crippen molar-refractivity contribution < 1.29 is 14.7 Å². The Hall–Kier alpha value is -2.48. The molecule has 0 fully saturated rings. The van der Waals surface area contributed by atoms with Crippen LogP contribution in [-0.4, -0.2) is 27.0 Å². The molecule has 0 unspecified atom stereocenters. The average Bonchev–Trinajstić information content (AvgIpc) is 2.82. The van der Waals surface area contributed by atoms with Gasteiger partial charge in [0.15, 0.2) is 5.13 Å². The minimum absolute atomic E-state index is 0.131. The van der Waals surface area contributed by atoms with Gasteiger partial charge in [0, 0.05) is 11.6 Å². The molecule has 0 aliphatic rings. The number of hydrogen-bond donors (Lipinski definition) is 3. The third-order valence-electron chi connectivity index (χ3n) is 2.44. The maximum absolute atomic E-state index is 11.7. The summed E-state index contributed by atoms with van der Waals surface area (Å²) in [6, 6.07) is 2.81. The van der Waals surface area contributed by atoms with Crippen molar-refractivity contribution in [2.24, 2.45) is 0 Å². The number of nitrogens with zero attached hydrogens (tertiary/aromatic N) is 2. The van der Waals surface area contributed by atoms with E-state index in [1.54, 1.807) is 5.38 Å². The Kier molecular flexibility index (Phi) is 4.26. The minimum Gasteiger partial charge on any atom is -0.478 e. The molecule has 8 heteroatoms. The molecule has 0 saturated carbocycles. The van der Waals surface area contributed by atoms with E-state index in [0.29, 0.717) is 16.5 Å². The standard InChI is InChI=1S/C12H12N4O3S/c13-12-16-9(6-20-12)4-10(17)15-5-8-3-7(11(18)19)1-2-14-8/h1-3,6H,4-5H2,(H2,13,16)(H,15,17)(H,18,19). The number of nitrogens with two attached hydrogens (primary N) is 1. The molecule has 2 aromatic heterocycles.